The summed E-state index contributed by atoms with van der Waals surface area (Å²) in [5.74, 6) is 0.841. The number of carbonyl (C=O) groups is 1. The summed E-state index contributed by atoms with van der Waals surface area (Å²) in [5, 5.41) is 6.75. The Morgan fingerprint density at radius 3 is 2.68 bits per heavy atom. The van der Waals surface area contributed by atoms with Crippen LogP contribution < -0.4 is 14.8 Å². The van der Waals surface area contributed by atoms with Crippen molar-refractivity contribution in [2.45, 2.75) is 25.2 Å². The average Bonchev–Trinajstić information content (AvgIpc) is 3.45. The zero-order chi connectivity index (χ0) is 19.3. The maximum atomic E-state index is 13.5. The molecule has 28 heavy (non-hydrogen) atoms. The number of amides is 1. The molecule has 1 aliphatic carbocycles. The van der Waals surface area contributed by atoms with Gasteiger partial charge in [0.25, 0.3) is 12.3 Å². The van der Waals surface area contributed by atoms with Gasteiger partial charge in [0.15, 0.2) is 22.8 Å². The fraction of sp³-hybridized carbons (Fsp3) is 0.316. The molecule has 2 aromatic heterocycles. The summed E-state index contributed by atoms with van der Waals surface area (Å²) in [7, 11) is 0. The fourth-order valence-electron chi connectivity index (χ4n) is 3.19. The van der Waals surface area contributed by atoms with Crippen LogP contribution in [0.5, 0.6) is 11.5 Å². The number of anilines is 1. The molecule has 144 valence electrons. The quantitative estimate of drug-likeness (QED) is 0.742. The molecule has 0 saturated heterocycles. The normalized spacial score (nSPS) is 15.8. The highest BCUT2D eigenvalue weighted by Crippen LogP contribution is 2.40. The number of benzene rings is 1. The van der Waals surface area contributed by atoms with E-state index in [-0.39, 0.29) is 23.0 Å². The fourth-order valence-corrected chi connectivity index (χ4v) is 3.19. The molecule has 0 radical (unpaired) electrons. The highest BCUT2D eigenvalue weighted by molar-refractivity contribution is 6.03. The van der Waals surface area contributed by atoms with Crippen molar-refractivity contribution in [2.24, 2.45) is 0 Å². The van der Waals surface area contributed by atoms with Crippen LogP contribution in [0.1, 0.15) is 47.1 Å². The molecule has 3 heterocycles. The zero-order valence-electron chi connectivity index (χ0n) is 14.7. The van der Waals surface area contributed by atoms with Crippen LogP contribution in [0, 0.1) is 0 Å². The van der Waals surface area contributed by atoms with Crippen molar-refractivity contribution in [3.05, 3.63) is 47.4 Å². The molecular weight excluding hydrogens is 370 g/mol. The molecule has 1 aliphatic heterocycles. The molecular formula is C19H16F2N4O3. The van der Waals surface area contributed by atoms with Gasteiger partial charge in [-0.15, -0.1) is 0 Å². The van der Waals surface area contributed by atoms with E-state index < -0.39 is 12.3 Å². The van der Waals surface area contributed by atoms with Gasteiger partial charge in [-0.25, -0.2) is 18.3 Å². The van der Waals surface area contributed by atoms with Crippen molar-refractivity contribution in [3.8, 4) is 11.5 Å². The predicted octanol–water partition coefficient (Wildman–Crippen LogP) is 3.57. The number of nitrogens with zero attached hydrogens (tertiary/aromatic N) is 3. The van der Waals surface area contributed by atoms with E-state index in [9.17, 15) is 13.6 Å². The van der Waals surface area contributed by atoms with Crippen LogP contribution in [0.15, 0.2) is 30.3 Å². The summed E-state index contributed by atoms with van der Waals surface area (Å²) in [6, 6.07) is 7.83. The van der Waals surface area contributed by atoms with Gasteiger partial charge in [0.1, 0.15) is 18.9 Å². The number of ether oxygens (including phenoxy) is 2. The lowest BCUT2D eigenvalue weighted by Gasteiger charge is -2.18. The van der Waals surface area contributed by atoms with E-state index >= 15 is 0 Å². The summed E-state index contributed by atoms with van der Waals surface area (Å²) in [4.78, 5) is 17.0. The predicted molar refractivity (Wildman–Crippen MR) is 95.3 cm³/mol. The van der Waals surface area contributed by atoms with E-state index in [2.05, 4.69) is 15.4 Å². The summed E-state index contributed by atoms with van der Waals surface area (Å²) < 4.78 is 38.9. The molecule has 0 unspecified atom stereocenters. The Labute approximate surface area is 158 Å². The molecule has 3 aromatic rings. The van der Waals surface area contributed by atoms with Crippen LogP contribution in [0.25, 0.3) is 5.65 Å². The second kappa shape index (κ2) is 6.43. The summed E-state index contributed by atoms with van der Waals surface area (Å²) >= 11 is 0. The number of aromatic nitrogens is 3. The molecule has 0 atom stereocenters. The Morgan fingerprint density at radius 1 is 1.14 bits per heavy atom. The molecule has 1 aromatic carbocycles. The maximum Gasteiger partial charge on any atom is 0.280 e. The van der Waals surface area contributed by atoms with Crippen LogP contribution in [0.2, 0.25) is 0 Å². The monoisotopic (exact) mass is 386 g/mol. The molecule has 1 saturated carbocycles. The highest BCUT2D eigenvalue weighted by atomic mass is 19.3. The minimum Gasteiger partial charge on any atom is -0.486 e. The number of alkyl halides is 2. The lowest BCUT2D eigenvalue weighted by molar-refractivity contribution is 0.102. The Hall–Kier alpha value is -3.23. The van der Waals surface area contributed by atoms with Crippen molar-refractivity contribution >= 4 is 17.2 Å². The first kappa shape index (κ1) is 16.9. The number of nitrogens with one attached hydrogen (secondary N) is 1. The third kappa shape index (κ3) is 3.02. The SMILES string of the molecule is O=C(Nc1ccc2c(c1)OCCO2)c1cc2nc(C3CC3)cc(C(F)F)n2n1. The van der Waals surface area contributed by atoms with Gasteiger partial charge in [0.2, 0.25) is 0 Å². The molecule has 2 aliphatic rings. The van der Waals surface area contributed by atoms with Gasteiger partial charge in [-0.05, 0) is 31.0 Å². The third-order valence-electron chi connectivity index (χ3n) is 4.73. The summed E-state index contributed by atoms with van der Waals surface area (Å²) in [5.41, 5.74) is 1.11. The van der Waals surface area contributed by atoms with Gasteiger partial charge in [0, 0.05) is 29.4 Å². The standard InChI is InChI=1S/C19H16F2N4O3/c20-18(21)14-8-12(10-1-2-10)23-17-9-13(24-25(14)17)19(26)22-11-3-4-15-16(7-11)28-6-5-27-15/h3-4,7-10,18H,1-2,5-6H2,(H,22,26). The van der Waals surface area contributed by atoms with Crippen molar-refractivity contribution in [1.82, 2.24) is 14.6 Å². The van der Waals surface area contributed by atoms with Crippen molar-refractivity contribution in [2.75, 3.05) is 18.5 Å². The minimum absolute atomic E-state index is 0.0113. The molecule has 1 N–H and O–H groups in total. The molecule has 0 bridgehead atoms. The number of carbonyl (C=O) groups excluding carboxylic acids is 1. The van der Waals surface area contributed by atoms with E-state index in [0.29, 0.717) is 36.1 Å². The zero-order valence-corrected chi connectivity index (χ0v) is 14.7. The Bertz CT molecular complexity index is 1080. The Balaban J connectivity index is 1.45. The van der Waals surface area contributed by atoms with Gasteiger partial charge < -0.3 is 14.8 Å². The first-order valence-electron chi connectivity index (χ1n) is 8.98. The van der Waals surface area contributed by atoms with Crippen molar-refractivity contribution in [3.63, 3.8) is 0 Å². The molecule has 9 heteroatoms. The van der Waals surface area contributed by atoms with Crippen LogP contribution in [0.4, 0.5) is 14.5 Å². The smallest absolute Gasteiger partial charge is 0.280 e. The number of hydrogen-bond donors (Lipinski definition) is 1. The number of fused-ring (bicyclic) bond motifs is 2. The van der Waals surface area contributed by atoms with E-state index in [4.69, 9.17) is 9.47 Å². The van der Waals surface area contributed by atoms with Crippen LogP contribution in [0.3, 0.4) is 0 Å². The summed E-state index contributed by atoms with van der Waals surface area (Å²) in [6.45, 7) is 0.907. The molecule has 7 nitrogen and oxygen atoms in total. The van der Waals surface area contributed by atoms with Gasteiger partial charge >= 0.3 is 0 Å². The summed E-state index contributed by atoms with van der Waals surface area (Å²) in [6.07, 6.45) is -0.828. The van der Waals surface area contributed by atoms with Crippen molar-refractivity contribution in [1.29, 1.82) is 0 Å². The van der Waals surface area contributed by atoms with Crippen LogP contribution >= 0.6 is 0 Å². The second-order valence-corrected chi connectivity index (χ2v) is 6.79. The lowest BCUT2D eigenvalue weighted by atomic mass is 10.2. The van der Waals surface area contributed by atoms with Gasteiger partial charge in [0.05, 0.1) is 0 Å². The lowest BCUT2D eigenvalue weighted by Crippen LogP contribution is -2.16. The number of hydrogen-bond acceptors (Lipinski definition) is 5. The molecule has 0 spiro atoms. The second-order valence-electron chi connectivity index (χ2n) is 6.79. The third-order valence-corrected chi connectivity index (χ3v) is 4.73. The highest BCUT2D eigenvalue weighted by Gasteiger charge is 2.28. The first-order chi connectivity index (χ1) is 13.6. The maximum absolute atomic E-state index is 13.5. The van der Waals surface area contributed by atoms with E-state index in [1.54, 1.807) is 18.2 Å². The molecule has 5 rings (SSSR count). The average molecular weight is 386 g/mol. The van der Waals surface area contributed by atoms with E-state index in [1.807, 2.05) is 0 Å². The minimum atomic E-state index is -2.71. The van der Waals surface area contributed by atoms with Crippen molar-refractivity contribution < 1.29 is 23.0 Å². The Kier molecular flexibility index (Phi) is 3.88. The van der Waals surface area contributed by atoms with Crippen LogP contribution in [-0.4, -0.2) is 33.7 Å². The Morgan fingerprint density at radius 2 is 1.93 bits per heavy atom. The largest absolute Gasteiger partial charge is 0.486 e. The van der Waals surface area contributed by atoms with Gasteiger partial charge in [-0.3, -0.25) is 4.79 Å². The molecule has 1 fully saturated rings. The van der Waals surface area contributed by atoms with Crippen LogP contribution in [-0.2, 0) is 0 Å². The van der Waals surface area contributed by atoms with E-state index in [1.165, 1.54) is 12.1 Å². The first-order valence-corrected chi connectivity index (χ1v) is 8.98. The van der Waals surface area contributed by atoms with E-state index in [0.717, 1.165) is 17.4 Å². The molecule has 1 amide bonds. The topological polar surface area (TPSA) is 77.8 Å². The van der Waals surface area contributed by atoms with Gasteiger partial charge in [-0.2, -0.15) is 5.10 Å². The number of rotatable bonds is 4. The number of halogens is 2. The van der Waals surface area contributed by atoms with Gasteiger partial charge in [-0.1, -0.05) is 0 Å².